The number of rotatable bonds is 1. The molecule has 0 spiro atoms. The number of nitrogen functional groups attached to an aromatic ring is 1. The van der Waals surface area contributed by atoms with E-state index in [1.54, 1.807) is 12.4 Å². The lowest BCUT2D eigenvalue weighted by Crippen LogP contribution is -2.39. The second-order valence-corrected chi connectivity index (χ2v) is 4.65. The Morgan fingerprint density at radius 1 is 1.20 bits per heavy atom. The SMILES string of the molecule is CC1CC(C)CN(c2cnc(N)cn2)C1. The lowest BCUT2D eigenvalue weighted by Gasteiger charge is -2.35. The second-order valence-electron chi connectivity index (χ2n) is 4.65. The van der Waals surface area contributed by atoms with Crippen LogP contribution in [0.5, 0.6) is 0 Å². The summed E-state index contributed by atoms with van der Waals surface area (Å²) in [4.78, 5) is 10.7. The van der Waals surface area contributed by atoms with Gasteiger partial charge in [-0.2, -0.15) is 0 Å². The van der Waals surface area contributed by atoms with E-state index in [0.29, 0.717) is 5.82 Å². The molecule has 15 heavy (non-hydrogen) atoms. The average Bonchev–Trinajstić information content (AvgIpc) is 2.17. The van der Waals surface area contributed by atoms with Crippen LogP contribution in [0.3, 0.4) is 0 Å². The quantitative estimate of drug-likeness (QED) is 0.757. The molecule has 1 aliphatic heterocycles. The summed E-state index contributed by atoms with van der Waals surface area (Å²) in [6.45, 7) is 6.71. The highest BCUT2D eigenvalue weighted by molar-refractivity contribution is 5.39. The summed E-state index contributed by atoms with van der Waals surface area (Å²) in [5, 5.41) is 0. The van der Waals surface area contributed by atoms with Crippen LogP contribution in [0.4, 0.5) is 11.6 Å². The standard InChI is InChI=1S/C11H18N4/c1-8-3-9(2)7-15(6-8)11-5-13-10(12)4-14-11/h4-5,8-9H,3,6-7H2,1-2H3,(H2,12,13). The molecule has 0 aromatic carbocycles. The first-order valence-corrected chi connectivity index (χ1v) is 5.47. The van der Waals surface area contributed by atoms with Gasteiger partial charge in [0.05, 0.1) is 12.4 Å². The van der Waals surface area contributed by atoms with Crippen LogP contribution in [0.25, 0.3) is 0 Å². The van der Waals surface area contributed by atoms with Crippen LogP contribution in [-0.2, 0) is 0 Å². The van der Waals surface area contributed by atoms with Crippen LogP contribution >= 0.6 is 0 Å². The van der Waals surface area contributed by atoms with Crippen molar-refractivity contribution in [2.24, 2.45) is 11.8 Å². The molecule has 4 heteroatoms. The number of hydrogen-bond donors (Lipinski definition) is 1. The van der Waals surface area contributed by atoms with E-state index >= 15 is 0 Å². The summed E-state index contributed by atoms with van der Waals surface area (Å²) in [5.41, 5.74) is 5.52. The molecule has 1 aromatic rings. The van der Waals surface area contributed by atoms with Crippen molar-refractivity contribution in [1.29, 1.82) is 0 Å². The van der Waals surface area contributed by atoms with Crippen molar-refractivity contribution in [3.05, 3.63) is 12.4 Å². The molecule has 1 aromatic heterocycles. The average molecular weight is 206 g/mol. The van der Waals surface area contributed by atoms with Gasteiger partial charge in [0.15, 0.2) is 0 Å². The Labute approximate surface area is 90.5 Å². The molecule has 2 rings (SSSR count). The predicted molar refractivity (Wildman–Crippen MR) is 61.6 cm³/mol. The van der Waals surface area contributed by atoms with E-state index in [2.05, 4.69) is 28.7 Å². The maximum absolute atomic E-state index is 5.52. The van der Waals surface area contributed by atoms with Gasteiger partial charge in [-0.15, -0.1) is 0 Å². The summed E-state index contributed by atoms with van der Waals surface area (Å²) >= 11 is 0. The summed E-state index contributed by atoms with van der Waals surface area (Å²) in [5.74, 6) is 2.89. The molecule has 0 aliphatic carbocycles. The third-order valence-electron chi connectivity index (χ3n) is 2.85. The zero-order chi connectivity index (χ0) is 10.8. The molecule has 0 radical (unpaired) electrons. The fourth-order valence-corrected chi connectivity index (χ4v) is 2.34. The van der Waals surface area contributed by atoms with Gasteiger partial charge in [-0.1, -0.05) is 13.8 Å². The molecule has 2 heterocycles. The molecular weight excluding hydrogens is 188 g/mol. The number of hydrogen-bond acceptors (Lipinski definition) is 4. The van der Waals surface area contributed by atoms with E-state index in [-0.39, 0.29) is 0 Å². The van der Waals surface area contributed by atoms with Crippen LogP contribution in [0.15, 0.2) is 12.4 Å². The van der Waals surface area contributed by atoms with E-state index in [1.807, 2.05) is 0 Å². The lowest BCUT2D eigenvalue weighted by atomic mass is 9.92. The third-order valence-corrected chi connectivity index (χ3v) is 2.85. The van der Waals surface area contributed by atoms with Gasteiger partial charge in [-0.25, -0.2) is 9.97 Å². The van der Waals surface area contributed by atoms with Gasteiger partial charge < -0.3 is 10.6 Å². The molecule has 2 N–H and O–H groups in total. The highest BCUT2D eigenvalue weighted by Gasteiger charge is 2.22. The minimum Gasteiger partial charge on any atom is -0.382 e. The van der Waals surface area contributed by atoms with Gasteiger partial charge in [0.1, 0.15) is 11.6 Å². The van der Waals surface area contributed by atoms with Crippen molar-refractivity contribution < 1.29 is 0 Å². The number of aromatic nitrogens is 2. The van der Waals surface area contributed by atoms with Crippen molar-refractivity contribution in [3.8, 4) is 0 Å². The van der Waals surface area contributed by atoms with Crippen LogP contribution in [0.1, 0.15) is 20.3 Å². The Morgan fingerprint density at radius 2 is 1.87 bits per heavy atom. The molecular formula is C11H18N4. The van der Waals surface area contributed by atoms with Crippen molar-refractivity contribution >= 4 is 11.6 Å². The fraction of sp³-hybridized carbons (Fsp3) is 0.636. The Kier molecular flexibility index (Phi) is 2.75. The number of nitrogens with zero attached hydrogens (tertiary/aromatic N) is 3. The van der Waals surface area contributed by atoms with Crippen molar-refractivity contribution in [1.82, 2.24) is 9.97 Å². The smallest absolute Gasteiger partial charge is 0.147 e. The summed E-state index contributed by atoms with van der Waals surface area (Å²) in [6, 6.07) is 0. The first-order valence-electron chi connectivity index (χ1n) is 5.47. The number of piperidine rings is 1. The van der Waals surface area contributed by atoms with Gasteiger partial charge in [-0.3, -0.25) is 0 Å². The van der Waals surface area contributed by atoms with Gasteiger partial charge in [0.25, 0.3) is 0 Å². The fourth-order valence-electron chi connectivity index (χ4n) is 2.34. The van der Waals surface area contributed by atoms with E-state index < -0.39 is 0 Å². The second kappa shape index (κ2) is 4.04. The van der Waals surface area contributed by atoms with Crippen molar-refractivity contribution in [3.63, 3.8) is 0 Å². The molecule has 1 saturated heterocycles. The monoisotopic (exact) mass is 206 g/mol. The van der Waals surface area contributed by atoms with Crippen molar-refractivity contribution in [2.45, 2.75) is 20.3 Å². The van der Waals surface area contributed by atoms with E-state index in [9.17, 15) is 0 Å². The summed E-state index contributed by atoms with van der Waals surface area (Å²) in [7, 11) is 0. The van der Waals surface area contributed by atoms with Gasteiger partial charge in [0.2, 0.25) is 0 Å². The van der Waals surface area contributed by atoms with Gasteiger partial charge in [0, 0.05) is 13.1 Å². The van der Waals surface area contributed by atoms with E-state index in [0.717, 1.165) is 30.7 Å². The zero-order valence-corrected chi connectivity index (χ0v) is 9.35. The highest BCUT2D eigenvalue weighted by atomic mass is 15.2. The molecule has 0 amide bonds. The Hall–Kier alpha value is -1.32. The van der Waals surface area contributed by atoms with E-state index in [4.69, 9.17) is 5.73 Å². The maximum atomic E-state index is 5.52. The lowest BCUT2D eigenvalue weighted by molar-refractivity contribution is 0.355. The molecule has 0 bridgehead atoms. The van der Waals surface area contributed by atoms with E-state index in [1.165, 1.54) is 6.42 Å². The number of anilines is 2. The van der Waals surface area contributed by atoms with Crippen molar-refractivity contribution in [2.75, 3.05) is 23.7 Å². The van der Waals surface area contributed by atoms with Gasteiger partial charge >= 0.3 is 0 Å². The molecule has 1 fully saturated rings. The van der Waals surface area contributed by atoms with Crippen LogP contribution in [0, 0.1) is 11.8 Å². The minimum atomic E-state index is 0.483. The molecule has 0 saturated carbocycles. The van der Waals surface area contributed by atoms with Crippen LogP contribution in [-0.4, -0.2) is 23.1 Å². The minimum absolute atomic E-state index is 0.483. The van der Waals surface area contributed by atoms with Crippen LogP contribution < -0.4 is 10.6 Å². The molecule has 82 valence electrons. The van der Waals surface area contributed by atoms with Crippen LogP contribution in [0.2, 0.25) is 0 Å². The molecule has 2 unspecified atom stereocenters. The Morgan fingerprint density at radius 3 is 2.40 bits per heavy atom. The summed E-state index contributed by atoms with van der Waals surface area (Å²) < 4.78 is 0. The molecule has 1 aliphatic rings. The summed E-state index contributed by atoms with van der Waals surface area (Å²) in [6.07, 6.45) is 4.69. The maximum Gasteiger partial charge on any atom is 0.147 e. The van der Waals surface area contributed by atoms with Gasteiger partial charge in [-0.05, 0) is 18.3 Å². The topological polar surface area (TPSA) is 55.0 Å². The Bertz CT molecular complexity index is 312. The first-order chi connectivity index (χ1) is 7.15. The normalized spacial score (nSPS) is 26.7. The predicted octanol–water partition coefficient (Wildman–Crippen LogP) is 1.54. The highest BCUT2D eigenvalue weighted by Crippen LogP contribution is 2.24. The first kappa shape index (κ1) is 10.2. The zero-order valence-electron chi connectivity index (χ0n) is 9.35. The molecule has 2 atom stereocenters. The number of nitrogens with two attached hydrogens (primary N) is 1. The third kappa shape index (κ3) is 2.37. The Balaban J connectivity index is 2.12. The molecule has 4 nitrogen and oxygen atoms in total. The largest absolute Gasteiger partial charge is 0.382 e.